The highest BCUT2D eigenvalue weighted by molar-refractivity contribution is 6.02. The van der Waals surface area contributed by atoms with Gasteiger partial charge in [-0.3, -0.25) is 0 Å². The quantitative estimate of drug-likeness (QED) is 0.326. The zero-order valence-corrected chi connectivity index (χ0v) is 22.5. The fourth-order valence-corrected chi connectivity index (χ4v) is 7.70. The van der Waals surface area contributed by atoms with Gasteiger partial charge in [0.25, 0.3) is 0 Å². The number of rotatable bonds is 6. The van der Waals surface area contributed by atoms with Gasteiger partial charge in [-0.05, 0) is 60.7 Å². The molecule has 2 aliphatic rings. The Hall–Kier alpha value is -2.22. The van der Waals surface area contributed by atoms with Gasteiger partial charge in [-0.15, -0.1) is 0 Å². The molecule has 0 fully saturated rings. The van der Waals surface area contributed by atoms with Crippen molar-refractivity contribution in [2.24, 2.45) is 0 Å². The van der Waals surface area contributed by atoms with E-state index >= 15 is 4.39 Å². The minimum Gasteiger partial charge on any atom is -0.206 e. The largest absolute Gasteiger partial charge is 0.221 e. The molecule has 1 nitrogen and oxygen atoms in total. The second-order valence-corrected chi connectivity index (χ2v) is 11.6. The smallest absolute Gasteiger partial charge is 0.206 e. The molecule has 2 heterocycles. The van der Waals surface area contributed by atoms with Gasteiger partial charge in [0, 0.05) is 29.9 Å². The van der Waals surface area contributed by atoms with Crippen LogP contribution in [0.15, 0.2) is 30.5 Å². The zero-order chi connectivity index (χ0) is 24.6. The number of nitrogens with zero attached hydrogens (tertiary/aromatic N) is 1. The topological polar surface area (TPSA) is 3.88 Å². The van der Waals surface area contributed by atoms with E-state index in [9.17, 15) is 0 Å². The van der Waals surface area contributed by atoms with Crippen molar-refractivity contribution in [2.45, 2.75) is 110 Å². The van der Waals surface area contributed by atoms with Crippen molar-refractivity contribution in [2.75, 3.05) is 0 Å². The van der Waals surface area contributed by atoms with E-state index in [2.05, 4.69) is 83.5 Å². The molecule has 0 N–H and O–H groups in total. The van der Waals surface area contributed by atoms with Crippen LogP contribution in [0.1, 0.15) is 108 Å². The summed E-state index contributed by atoms with van der Waals surface area (Å²) in [5, 5.41) is 2.65. The van der Waals surface area contributed by atoms with E-state index in [-0.39, 0.29) is 22.2 Å². The molecule has 0 saturated heterocycles. The van der Waals surface area contributed by atoms with Crippen LogP contribution in [-0.2, 0) is 22.8 Å². The van der Waals surface area contributed by atoms with E-state index in [1.807, 2.05) is 6.92 Å². The standard InChI is InChI=1S/C32H41FN/c1-9-13-14-21-18-22-15-16-34-29-25(22)23(19-21)30(6,7)27-26(29)24(17-20(5)28(27)33)31(8,10-2)32(34,11-3)12-4/h15-19H,9-14H2,1-8H3/q+1. The third-order valence-electron chi connectivity index (χ3n) is 9.87. The first kappa shape index (κ1) is 23.5. The molecule has 1 aromatic heterocycles. The molecule has 0 radical (unpaired) electrons. The SMILES string of the molecule is CCCCc1cc2c3c4[n+](ccc3c1)C(CC)(CC)C(C)(CC)c1cc(C)c(F)c(c1-4)C2(C)C. The van der Waals surface area contributed by atoms with Crippen molar-refractivity contribution < 1.29 is 8.96 Å². The van der Waals surface area contributed by atoms with Crippen molar-refractivity contribution in [3.8, 4) is 11.3 Å². The Morgan fingerprint density at radius 2 is 1.62 bits per heavy atom. The molecule has 5 rings (SSSR count). The lowest BCUT2D eigenvalue weighted by Gasteiger charge is -2.50. The third-order valence-corrected chi connectivity index (χ3v) is 9.87. The molecule has 1 aliphatic heterocycles. The lowest BCUT2D eigenvalue weighted by Crippen LogP contribution is -2.69. The molecule has 34 heavy (non-hydrogen) atoms. The molecule has 2 aromatic carbocycles. The number of hydrogen-bond acceptors (Lipinski definition) is 0. The summed E-state index contributed by atoms with van der Waals surface area (Å²) < 4.78 is 18.8. The number of aromatic nitrogens is 1. The Balaban J connectivity index is 2.04. The normalized spacial score (nSPS) is 21.2. The van der Waals surface area contributed by atoms with Crippen molar-refractivity contribution in [1.82, 2.24) is 0 Å². The molecule has 1 aliphatic carbocycles. The molecule has 0 saturated carbocycles. The van der Waals surface area contributed by atoms with E-state index in [4.69, 9.17) is 0 Å². The van der Waals surface area contributed by atoms with E-state index in [1.165, 1.54) is 51.6 Å². The highest BCUT2D eigenvalue weighted by Gasteiger charge is 2.61. The second kappa shape index (κ2) is 7.64. The first-order valence-corrected chi connectivity index (χ1v) is 13.5. The average molecular weight is 459 g/mol. The van der Waals surface area contributed by atoms with E-state index in [1.54, 1.807) is 0 Å². The molecular weight excluding hydrogens is 417 g/mol. The van der Waals surface area contributed by atoms with Crippen LogP contribution < -0.4 is 4.57 Å². The maximum absolute atomic E-state index is 16.2. The van der Waals surface area contributed by atoms with Crippen LogP contribution in [-0.4, -0.2) is 0 Å². The van der Waals surface area contributed by atoms with Gasteiger partial charge in [-0.1, -0.05) is 66.2 Å². The minimum absolute atomic E-state index is 0.0177. The van der Waals surface area contributed by atoms with Crippen molar-refractivity contribution >= 4 is 10.8 Å². The number of benzene rings is 2. The molecule has 180 valence electrons. The Morgan fingerprint density at radius 1 is 0.912 bits per heavy atom. The van der Waals surface area contributed by atoms with Gasteiger partial charge in [-0.25, -0.2) is 4.39 Å². The number of hydrogen-bond donors (Lipinski definition) is 0. The summed E-state index contributed by atoms with van der Waals surface area (Å²) >= 11 is 0. The summed E-state index contributed by atoms with van der Waals surface area (Å²) in [4.78, 5) is 0. The number of unbranched alkanes of at least 4 members (excludes halogenated alkanes) is 1. The maximum atomic E-state index is 16.2. The molecule has 1 atom stereocenters. The summed E-state index contributed by atoms with van der Waals surface area (Å²) in [5.41, 5.74) is 7.65. The van der Waals surface area contributed by atoms with Crippen LogP contribution in [0.3, 0.4) is 0 Å². The van der Waals surface area contributed by atoms with Crippen LogP contribution in [0.2, 0.25) is 0 Å². The van der Waals surface area contributed by atoms with Crippen LogP contribution in [0, 0.1) is 12.7 Å². The van der Waals surface area contributed by atoms with Gasteiger partial charge in [-0.2, -0.15) is 4.57 Å². The summed E-state index contributed by atoms with van der Waals surface area (Å²) in [6, 6.07) is 9.32. The first-order chi connectivity index (χ1) is 16.1. The summed E-state index contributed by atoms with van der Waals surface area (Å²) in [6.07, 6.45) is 8.90. The predicted octanol–water partition coefficient (Wildman–Crippen LogP) is 8.42. The zero-order valence-electron chi connectivity index (χ0n) is 22.5. The maximum Gasteiger partial charge on any atom is 0.221 e. The van der Waals surface area contributed by atoms with Crippen molar-refractivity contribution in [1.29, 1.82) is 0 Å². The molecule has 3 aromatic rings. The third kappa shape index (κ3) is 2.63. The lowest BCUT2D eigenvalue weighted by atomic mass is 9.55. The molecule has 0 bridgehead atoms. The predicted molar refractivity (Wildman–Crippen MR) is 141 cm³/mol. The molecule has 0 amide bonds. The lowest BCUT2D eigenvalue weighted by molar-refractivity contribution is -0.768. The number of pyridine rings is 1. The van der Waals surface area contributed by atoms with E-state index < -0.39 is 0 Å². The second-order valence-electron chi connectivity index (χ2n) is 11.6. The highest BCUT2D eigenvalue weighted by atomic mass is 19.1. The Kier molecular flexibility index (Phi) is 5.28. The average Bonchev–Trinajstić information content (AvgIpc) is 2.82. The van der Waals surface area contributed by atoms with Crippen LogP contribution >= 0.6 is 0 Å². The van der Waals surface area contributed by atoms with Gasteiger partial charge in [0.2, 0.25) is 5.69 Å². The van der Waals surface area contributed by atoms with E-state index in [0.29, 0.717) is 0 Å². The van der Waals surface area contributed by atoms with Gasteiger partial charge in [0.05, 0.1) is 16.4 Å². The van der Waals surface area contributed by atoms with Gasteiger partial charge in [0.1, 0.15) is 5.82 Å². The fourth-order valence-electron chi connectivity index (χ4n) is 7.70. The monoisotopic (exact) mass is 458 g/mol. The van der Waals surface area contributed by atoms with Crippen molar-refractivity contribution in [3.05, 3.63) is 64.1 Å². The van der Waals surface area contributed by atoms with Gasteiger partial charge in [0.15, 0.2) is 11.7 Å². The molecule has 0 spiro atoms. The molecular formula is C32H41FN+. The fraction of sp³-hybridized carbons (Fsp3) is 0.531. The number of halogens is 1. The molecule has 2 heteroatoms. The molecule has 1 unspecified atom stereocenters. The summed E-state index contributed by atoms with van der Waals surface area (Å²) in [7, 11) is 0. The van der Waals surface area contributed by atoms with Gasteiger partial charge >= 0.3 is 0 Å². The van der Waals surface area contributed by atoms with Crippen LogP contribution in [0.4, 0.5) is 4.39 Å². The van der Waals surface area contributed by atoms with Gasteiger partial charge < -0.3 is 0 Å². The first-order valence-electron chi connectivity index (χ1n) is 13.5. The Bertz CT molecular complexity index is 1310. The highest BCUT2D eigenvalue weighted by Crippen LogP contribution is 2.58. The van der Waals surface area contributed by atoms with E-state index in [0.717, 1.165) is 36.8 Å². The minimum atomic E-state index is -0.389. The van der Waals surface area contributed by atoms with Crippen LogP contribution in [0.25, 0.3) is 22.0 Å². The number of aryl methyl sites for hydroxylation is 2. The van der Waals surface area contributed by atoms with Crippen LogP contribution in [0.5, 0.6) is 0 Å². The van der Waals surface area contributed by atoms with Crippen molar-refractivity contribution in [3.63, 3.8) is 0 Å². The Morgan fingerprint density at radius 3 is 2.24 bits per heavy atom. The summed E-state index contributed by atoms with van der Waals surface area (Å²) in [6.45, 7) is 18.1. The summed E-state index contributed by atoms with van der Waals surface area (Å²) in [5.74, 6) is -0.0177. The Labute approximate surface area is 205 Å².